The number of carbonyl (C=O) groups is 1. The van der Waals surface area contributed by atoms with E-state index in [0.717, 1.165) is 17.1 Å². The highest BCUT2D eigenvalue weighted by atomic mass is 32.1. The van der Waals surface area contributed by atoms with Gasteiger partial charge < -0.3 is 10.1 Å². The van der Waals surface area contributed by atoms with Gasteiger partial charge in [-0.05, 0) is 37.3 Å². The van der Waals surface area contributed by atoms with Crippen molar-refractivity contribution in [1.29, 1.82) is 0 Å². The predicted octanol–water partition coefficient (Wildman–Crippen LogP) is 4.00. The van der Waals surface area contributed by atoms with Gasteiger partial charge in [-0.2, -0.15) is 0 Å². The van der Waals surface area contributed by atoms with Gasteiger partial charge in [0.2, 0.25) is 5.91 Å². The third kappa shape index (κ3) is 5.21. The van der Waals surface area contributed by atoms with Crippen molar-refractivity contribution in [3.8, 4) is 5.75 Å². The predicted molar refractivity (Wildman–Crippen MR) is 77.6 cm³/mol. The number of benzene rings is 1. The summed E-state index contributed by atoms with van der Waals surface area (Å²) in [5.74, 6) is -0.755. The van der Waals surface area contributed by atoms with E-state index in [1.165, 1.54) is 29.5 Å². The molecule has 1 aromatic heterocycles. The van der Waals surface area contributed by atoms with Gasteiger partial charge in [0.25, 0.3) is 0 Å². The van der Waals surface area contributed by atoms with Crippen LogP contribution >= 0.6 is 11.3 Å². The monoisotopic (exact) mass is 328 g/mol. The van der Waals surface area contributed by atoms with Crippen molar-refractivity contribution in [1.82, 2.24) is 4.98 Å². The van der Waals surface area contributed by atoms with Gasteiger partial charge in [-0.15, -0.1) is 24.5 Å². The van der Waals surface area contributed by atoms with Gasteiger partial charge in [0.15, 0.2) is 0 Å². The number of nitrogens with one attached hydrogen (secondary N) is 1. The van der Waals surface area contributed by atoms with Gasteiger partial charge in [-0.1, -0.05) is 0 Å². The molecular weight excluding hydrogens is 317 g/mol. The van der Waals surface area contributed by atoms with Crippen LogP contribution in [0.2, 0.25) is 0 Å². The van der Waals surface area contributed by atoms with E-state index < -0.39 is 12.3 Å². The Morgan fingerprint density at radius 1 is 1.32 bits per heavy atom. The van der Waals surface area contributed by atoms with Crippen LogP contribution in [0.15, 0.2) is 35.7 Å². The van der Waals surface area contributed by atoms with E-state index in [4.69, 9.17) is 0 Å². The van der Waals surface area contributed by atoms with E-state index in [2.05, 4.69) is 15.0 Å². The van der Waals surface area contributed by atoms with Gasteiger partial charge in [0.05, 0.1) is 10.7 Å². The fourth-order valence-electron chi connectivity index (χ4n) is 1.54. The summed E-state index contributed by atoms with van der Waals surface area (Å²) < 4.78 is 39.8. The molecule has 0 atom stereocenters. The van der Waals surface area contributed by atoms with Crippen molar-refractivity contribution in [2.24, 2.45) is 0 Å². The smallest absolute Gasteiger partial charge is 0.406 e. The number of amides is 1. The number of halogens is 3. The summed E-state index contributed by atoms with van der Waals surface area (Å²) in [7, 11) is 0. The van der Waals surface area contributed by atoms with Crippen molar-refractivity contribution >= 4 is 29.0 Å². The highest BCUT2D eigenvalue weighted by Crippen LogP contribution is 2.23. The van der Waals surface area contributed by atoms with Gasteiger partial charge in [0.1, 0.15) is 5.75 Å². The second-order valence-electron chi connectivity index (χ2n) is 4.19. The summed E-state index contributed by atoms with van der Waals surface area (Å²) >= 11 is 1.47. The molecule has 0 saturated heterocycles. The number of hydrogen-bond acceptors (Lipinski definition) is 4. The van der Waals surface area contributed by atoms with Crippen molar-refractivity contribution in [2.75, 3.05) is 5.32 Å². The Morgan fingerprint density at radius 2 is 2.00 bits per heavy atom. The highest BCUT2D eigenvalue weighted by molar-refractivity contribution is 7.09. The molecule has 116 valence electrons. The summed E-state index contributed by atoms with van der Waals surface area (Å²) in [4.78, 5) is 15.8. The first-order valence-electron chi connectivity index (χ1n) is 6.09. The van der Waals surface area contributed by atoms with Crippen LogP contribution in [0.4, 0.5) is 18.9 Å². The minimum atomic E-state index is -4.74. The quantitative estimate of drug-likeness (QED) is 0.863. The molecule has 1 heterocycles. The minimum absolute atomic E-state index is 0.348. The number of hydrogen-bond donors (Lipinski definition) is 1. The number of aromatic nitrogens is 1. The molecule has 0 aliphatic carbocycles. The van der Waals surface area contributed by atoms with Crippen LogP contribution < -0.4 is 10.1 Å². The Kier molecular flexibility index (Phi) is 4.81. The molecule has 0 fully saturated rings. The maximum Gasteiger partial charge on any atom is 0.573 e. The fourth-order valence-corrected chi connectivity index (χ4v) is 2.12. The van der Waals surface area contributed by atoms with E-state index in [0.29, 0.717) is 11.4 Å². The molecule has 2 aromatic rings. The van der Waals surface area contributed by atoms with Gasteiger partial charge >= 0.3 is 6.36 Å². The molecule has 0 spiro atoms. The molecule has 1 amide bonds. The Labute approximate surface area is 128 Å². The Hall–Kier alpha value is -2.35. The van der Waals surface area contributed by atoms with Crippen molar-refractivity contribution in [2.45, 2.75) is 13.3 Å². The summed E-state index contributed by atoms with van der Waals surface area (Å²) in [5.41, 5.74) is 1.03. The fraction of sp³-hybridized carbons (Fsp3) is 0.143. The lowest BCUT2D eigenvalue weighted by atomic mass is 10.3. The molecular formula is C14H11F3N2O2S. The van der Waals surface area contributed by atoms with Crippen molar-refractivity contribution < 1.29 is 22.7 Å². The zero-order valence-corrected chi connectivity index (χ0v) is 12.2. The highest BCUT2D eigenvalue weighted by Gasteiger charge is 2.30. The van der Waals surface area contributed by atoms with E-state index in [1.54, 1.807) is 6.08 Å². The first kappa shape index (κ1) is 16.0. The second kappa shape index (κ2) is 6.61. The average molecular weight is 328 g/mol. The first-order chi connectivity index (χ1) is 10.3. The third-order valence-corrected chi connectivity index (χ3v) is 3.19. The zero-order valence-electron chi connectivity index (χ0n) is 11.3. The summed E-state index contributed by atoms with van der Waals surface area (Å²) in [5, 5.41) is 5.22. The molecule has 2 rings (SSSR count). The Morgan fingerprint density at radius 3 is 2.55 bits per heavy atom. The topological polar surface area (TPSA) is 51.2 Å². The minimum Gasteiger partial charge on any atom is -0.406 e. The van der Waals surface area contributed by atoms with Crippen LogP contribution in [0.3, 0.4) is 0 Å². The van der Waals surface area contributed by atoms with Crippen LogP contribution in [-0.4, -0.2) is 17.3 Å². The molecule has 8 heteroatoms. The zero-order chi connectivity index (χ0) is 16.2. The number of anilines is 1. The van der Waals surface area contributed by atoms with Crippen LogP contribution in [0.25, 0.3) is 6.08 Å². The number of alkyl halides is 3. The first-order valence-corrected chi connectivity index (χ1v) is 6.97. The van der Waals surface area contributed by atoms with E-state index in [-0.39, 0.29) is 5.75 Å². The molecule has 22 heavy (non-hydrogen) atoms. The summed E-state index contributed by atoms with van der Waals surface area (Å²) in [6.07, 6.45) is -1.88. The Balaban J connectivity index is 1.93. The SMILES string of the molecule is Cc1nc(/C=C/C(=O)Nc2ccc(OC(F)(F)F)cc2)cs1. The molecule has 0 bridgehead atoms. The average Bonchev–Trinajstić information content (AvgIpc) is 2.83. The normalized spacial score (nSPS) is 11.6. The van der Waals surface area contributed by atoms with Crippen LogP contribution in [0.5, 0.6) is 5.75 Å². The maximum absolute atomic E-state index is 12.0. The van der Waals surface area contributed by atoms with Crippen LogP contribution in [0.1, 0.15) is 10.7 Å². The molecule has 4 nitrogen and oxygen atoms in total. The largest absolute Gasteiger partial charge is 0.573 e. The van der Waals surface area contributed by atoms with E-state index in [9.17, 15) is 18.0 Å². The number of ether oxygens (including phenoxy) is 1. The maximum atomic E-state index is 12.0. The summed E-state index contributed by atoms with van der Waals surface area (Å²) in [6.45, 7) is 1.85. The number of rotatable bonds is 4. The standard InChI is InChI=1S/C14H11F3N2O2S/c1-9-18-11(8-22-9)4-7-13(20)19-10-2-5-12(6-3-10)21-14(15,16)17/h2-8H,1H3,(H,19,20)/b7-4+. The van der Waals surface area contributed by atoms with Gasteiger partial charge in [0, 0.05) is 17.1 Å². The summed E-state index contributed by atoms with van der Waals surface area (Å²) in [6, 6.07) is 4.88. The van der Waals surface area contributed by atoms with Gasteiger partial charge in [-0.3, -0.25) is 4.79 Å². The molecule has 0 aliphatic heterocycles. The van der Waals surface area contributed by atoms with Gasteiger partial charge in [-0.25, -0.2) is 4.98 Å². The lowest BCUT2D eigenvalue weighted by Crippen LogP contribution is -2.17. The van der Waals surface area contributed by atoms with E-state index in [1.807, 2.05) is 12.3 Å². The molecule has 1 aromatic carbocycles. The van der Waals surface area contributed by atoms with Crippen molar-refractivity contribution in [3.63, 3.8) is 0 Å². The molecule has 1 N–H and O–H groups in total. The van der Waals surface area contributed by atoms with E-state index >= 15 is 0 Å². The number of aryl methyl sites for hydroxylation is 1. The van der Waals surface area contributed by atoms with Crippen LogP contribution in [-0.2, 0) is 4.79 Å². The Bertz CT molecular complexity index is 678. The number of nitrogens with zero attached hydrogens (tertiary/aromatic N) is 1. The third-order valence-electron chi connectivity index (χ3n) is 2.40. The molecule has 0 radical (unpaired) electrons. The lowest BCUT2D eigenvalue weighted by molar-refractivity contribution is -0.274. The number of carbonyl (C=O) groups excluding carboxylic acids is 1. The second-order valence-corrected chi connectivity index (χ2v) is 5.25. The molecule has 0 saturated carbocycles. The molecule has 0 unspecified atom stereocenters. The lowest BCUT2D eigenvalue weighted by Gasteiger charge is -2.09. The van der Waals surface area contributed by atoms with Crippen molar-refractivity contribution in [3.05, 3.63) is 46.4 Å². The number of thiazole rings is 1. The van der Waals surface area contributed by atoms with Crippen LogP contribution in [0, 0.1) is 6.92 Å². The molecule has 0 aliphatic rings.